The molecule has 0 saturated heterocycles. The molecule has 0 heterocycles. The third-order valence-electron chi connectivity index (χ3n) is 6.33. The van der Waals surface area contributed by atoms with Crippen LogP contribution in [0.1, 0.15) is 29.5 Å². The van der Waals surface area contributed by atoms with Gasteiger partial charge < -0.3 is 4.74 Å². The van der Waals surface area contributed by atoms with Crippen molar-refractivity contribution in [3.8, 4) is 0 Å². The Labute approximate surface area is 170 Å². The second-order valence-electron chi connectivity index (χ2n) is 7.92. The zero-order chi connectivity index (χ0) is 19.8. The Bertz CT molecular complexity index is 931. The maximum atomic E-state index is 13.3. The van der Waals surface area contributed by atoms with Crippen LogP contribution in [0, 0.1) is 17.8 Å². The van der Waals surface area contributed by atoms with Gasteiger partial charge in [0.1, 0.15) is 5.78 Å². The molecule has 2 aliphatic rings. The van der Waals surface area contributed by atoms with E-state index in [2.05, 4.69) is 0 Å². The second kappa shape index (κ2) is 7.00. The number of esters is 1. The Kier molecular flexibility index (Phi) is 4.31. The highest BCUT2D eigenvalue weighted by molar-refractivity contribution is 5.95. The maximum absolute atomic E-state index is 13.3. The molecule has 3 nitrogen and oxygen atoms in total. The van der Waals surface area contributed by atoms with E-state index >= 15 is 0 Å². The van der Waals surface area contributed by atoms with E-state index < -0.39 is 5.60 Å². The molecule has 0 N–H and O–H groups in total. The lowest BCUT2D eigenvalue weighted by Crippen LogP contribution is -2.36. The van der Waals surface area contributed by atoms with E-state index in [1.807, 2.05) is 91.0 Å². The van der Waals surface area contributed by atoms with E-state index in [4.69, 9.17) is 4.74 Å². The van der Waals surface area contributed by atoms with Gasteiger partial charge in [0.2, 0.25) is 0 Å². The number of carbonyl (C=O) groups excluding carboxylic acids is 2. The van der Waals surface area contributed by atoms with Crippen molar-refractivity contribution in [2.75, 3.05) is 0 Å². The van der Waals surface area contributed by atoms with Crippen LogP contribution >= 0.6 is 0 Å². The van der Waals surface area contributed by atoms with Gasteiger partial charge in [-0.25, -0.2) is 0 Å². The van der Waals surface area contributed by atoms with E-state index in [1.165, 1.54) is 0 Å². The fourth-order valence-corrected chi connectivity index (χ4v) is 4.88. The average Bonchev–Trinajstić information content (AvgIpc) is 3.41. The summed E-state index contributed by atoms with van der Waals surface area (Å²) in [5.41, 5.74) is 1.62. The third kappa shape index (κ3) is 2.89. The largest absolute Gasteiger partial charge is 0.444 e. The van der Waals surface area contributed by atoms with E-state index in [9.17, 15) is 9.59 Å². The monoisotopic (exact) mass is 382 g/mol. The van der Waals surface area contributed by atoms with Crippen molar-refractivity contribution in [3.63, 3.8) is 0 Å². The molecular weight excluding hydrogens is 360 g/mol. The van der Waals surface area contributed by atoms with Gasteiger partial charge >= 0.3 is 5.97 Å². The summed E-state index contributed by atoms with van der Waals surface area (Å²) in [6.07, 6.45) is 1.40. The number of benzene rings is 3. The number of fused-ring (bicyclic) bond motifs is 1. The normalized spacial score (nSPS) is 22.8. The zero-order valence-electron chi connectivity index (χ0n) is 16.0. The molecule has 5 rings (SSSR count). The molecule has 0 unspecified atom stereocenters. The number of rotatable bonds is 5. The van der Waals surface area contributed by atoms with Gasteiger partial charge in [0.05, 0.1) is 5.92 Å². The van der Waals surface area contributed by atoms with Crippen molar-refractivity contribution in [1.82, 2.24) is 0 Å². The molecule has 0 bridgehead atoms. The molecule has 3 atom stereocenters. The molecule has 0 spiro atoms. The molecule has 3 heteroatoms. The molecular formula is C26H22O3. The van der Waals surface area contributed by atoms with Crippen LogP contribution in [0.5, 0.6) is 0 Å². The molecule has 144 valence electrons. The van der Waals surface area contributed by atoms with E-state index in [1.54, 1.807) is 0 Å². The minimum atomic E-state index is -1.05. The van der Waals surface area contributed by atoms with Gasteiger partial charge in [-0.05, 0) is 12.3 Å². The van der Waals surface area contributed by atoms with Crippen LogP contribution in [-0.2, 0) is 19.9 Å². The van der Waals surface area contributed by atoms with Gasteiger partial charge in [0.15, 0.2) is 5.60 Å². The fourth-order valence-electron chi connectivity index (χ4n) is 4.88. The molecule has 2 fully saturated rings. The smallest absolute Gasteiger partial charge is 0.311 e. The molecule has 0 aliphatic heterocycles. The quantitative estimate of drug-likeness (QED) is 0.473. The van der Waals surface area contributed by atoms with E-state index in [-0.39, 0.29) is 29.5 Å². The summed E-state index contributed by atoms with van der Waals surface area (Å²) in [5.74, 6) is -0.337. The van der Waals surface area contributed by atoms with Gasteiger partial charge in [-0.15, -0.1) is 0 Å². The fraction of sp³-hybridized carbons (Fsp3) is 0.231. The number of hydrogen-bond donors (Lipinski definition) is 0. The van der Waals surface area contributed by atoms with Gasteiger partial charge in [0.25, 0.3) is 0 Å². The first kappa shape index (κ1) is 17.9. The van der Waals surface area contributed by atoms with Crippen LogP contribution in [0.15, 0.2) is 91.0 Å². The first-order valence-corrected chi connectivity index (χ1v) is 10.1. The van der Waals surface area contributed by atoms with Crippen LogP contribution < -0.4 is 0 Å². The van der Waals surface area contributed by atoms with Crippen LogP contribution in [-0.4, -0.2) is 11.8 Å². The topological polar surface area (TPSA) is 43.4 Å². The van der Waals surface area contributed by atoms with Crippen molar-refractivity contribution in [1.29, 1.82) is 0 Å². The van der Waals surface area contributed by atoms with Gasteiger partial charge in [-0.3, -0.25) is 9.59 Å². The lowest BCUT2D eigenvalue weighted by Gasteiger charge is -2.35. The zero-order valence-corrected chi connectivity index (χ0v) is 16.0. The van der Waals surface area contributed by atoms with Crippen LogP contribution in [0.2, 0.25) is 0 Å². The second-order valence-corrected chi connectivity index (χ2v) is 7.92. The summed E-state index contributed by atoms with van der Waals surface area (Å²) in [6.45, 7) is 0. The molecule has 0 aromatic heterocycles. The Hall–Kier alpha value is -3.20. The van der Waals surface area contributed by atoms with E-state index in [0.29, 0.717) is 6.42 Å². The summed E-state index contributed by atoms with van der Waals surface area (Å²) in [6, 6.07) is 29.6. The maximum Gasteiger partial charge on any atom is 0.311 e. The van der Waals surface area contributed by atoms with Crippen molar-refractivity contribution in [2.45, 2.75) is 18.4 Å². The highest BCUT2D eigenvalue weighted by Gasteiger charge is 2.63. The molecule has 3 aromatic rings. The van der Waals surface area contributed by atoms with Crippen molar-refractivity contribution in [2.24, 2.45) is 17.8 Å². The minimum absolute atomic E-state index is 0.137. The van der Waals surface area contributed by atoms with Crippen LogP contribution in [0.25, 0.3) is 0 Å². The number of ether oxygens (including phenoxy) is 1. The van der Waals surface area contributed by atoms with Gasteiger partial charge in [-0.1, -0.05) is 91.0 Å². The molecule has 2 saturated carbocycles. The Morgan fingerprint density at radius 3 is 1.59 bits per heavy atom. The van der Waals surface area contributed by atoms with E-state index in [0.717, 1.165) is 23.1 Å². The predicted octanol–water partition coefficient (Wildman–Crippen LogP) is 4.75. The molecule has 3 aromatic carbocycles. The Morgan fingerprint density at radius 1 is 0.759 bits per heavy atom. The summed E-state index contributed by atoms with van der Waals surface area (Å²) in [7, 11) is 0. The number of Topliss-reactive ketones (excluding diaryl/α,β-unsaturated/α-hetero) is 1. The summed E-state index contributed by atoms with van der Waals surface area (Å²) >= 11 is 0. The van der Waals surface area contributed by atoms with Crippen LogP contribution in [0.3, 0.4) is 0 Å². The summed E-state index contributed by atoms with van der Waals surface area (Å²) < 4.78 is 6.41. The molecule has 29 heavy (non-hydrogen) atoms. The van der Waals surface area contributed by atoms with Crippen molar-refractivity contribution >= 4 is 11.8 Å². The number of hydrogen-bond acceptors (Lipinski definition) is 3. The highest BCUT2D eigenvalue weighted by atomic mass is 16.6. The average molecular weight is 382 g/mol. The standard InChI is InChI=1S/C26H22O3/c27-22-17-16-21-23(22)24(21)25(28)29-26(18-10-4-1-5-11-18,19-12-6-2-7-13-19)20-14-8-3-9-15-20/h1-15,21,23-24H,16-17H2/t21-,23-,24+/m1/s1. The molecule has 0 radical (unpaired) electrons. The molecule has 0 amide bonds. The summed E-state index contributed by atoms with van der Waals surface area (Å²) in [5, 5.41) is 0. The van der Waals surface area contributed by atoms with Crippen LogP contribution in [0.4, 0.5) is 0 Å². The lowest BCUT2D eigenvalue weighted by atomic mass is 9.80. The number of carbonyl (C=O) groups is 2. The predicted molar refractivity (Wildman–Crippen MR) is 110 cm³/mol. The third-order valence-corrected chi connectivity index (χ3v) is 6.33. The van der Waals surface area contributed by atoms with Gasteiger partial charge in [0, 0.05) is 29.0 Å². The SMILES string of the molecule is O=C1CC[C@@H]2[C@H]1[C@H]2C(=O)OC(c1ccccc1)(c1ccccc1)c1ccccc1. The van der Waals surface area contributed by atoms with Gasteiger partial charge in [-0.2, -0.15) is 0 Å². The Balaban J connectivity index is 1.64. The first-order valence-electron chi connectivity index (χ1n) is 10.1. The number of ketones is 1. The van der Waals surface area contributed by atoms with Crippen molar-refractivity contribution < 1.29 is 14.3 Å². The summed E-state index contributed by atoms with van der Waals surface area (Å²) in [4.78, 5) is 25.4. The minimum Gasteiger partial charge on any atom is -0.444 e. The van der Waals surface area contributed by atoms with Crippen molar-refractivity contribution in [3.05, 3.63) is 108 Å². The Morgan fingerprint density at radius 2 is 1.21 bits per heavy atom. The molecule has 2 aliphatic carbocycles. The highest BCUT2D eigenvalue weighted by Crippen LogP contribution is 2.57. The lowest BCUT2D eigenvalue weighted by molar-refractivity contribution is -0.156. The first-order chi connectivity index (χ1) is 14.2.